The van der Waals surface area contributed by atoms with Crippen LogP contribution in [0.5, 0.6) is 0 Å². The van der Waals surface area contributed by atoms with Gasteiger partial charge in [0.25, 0.3) is 5.72 Å². The lowest BCUT2D eigenvalue weighted by atomic mass is 10.00. The molecule has 0 aromatic heterocycles. The van der Waals surface area contributed by atoms with Crippen molar-refractivity contribution < 1.29 is 9.68 Å². The molecule has 4 heteroatoms. The van der Waals surface area contributed by atoms with Gasteiger partial charge in [-0.3, -0.25) is 0 Å². The van der Waals surface area contributed by atoms with Crippen molar-refractivity contribution in [3.05, 3.63) is 65.7 Å². The second kappa shape index (κ2) is 6.26. The summed E-state index contributed by atoms with van der Waals surface area (Å²) in [6.07, 6.45) is 2.12. The van der Waals surface area contributed by atoms with Gasteiger partial charge in [0.15, 0.2) is 6.54 Å². The summed E-state index contributed by atoms with van der Waals surface area (Å²) in [6.45, 7) is 3.63. The number of anilines is 1. The van der Waals surface area contributed by atoms with E-state index in [2.05, 4.69) is 64.9 Å². The minimum absolute atomic E-state index is 0.574. The smallest absolute Gasteiger partial charge is 0.316 e. The average Bonchev–Trinajstić information content (AvgIpc) is 2.97. The van der Waals surface area contributed by atoms with Crippen LogP contribution in [0.2, 0.25) is 0 Å². The molecule has 0 amide bonds. The van der Waals surface area contributed by atoms with Gasteiger partial charge in [-0.15, -0.1) is 0 Å². The van der Waals surface area contributed by atoms with E-state index >= 15 is 0 Å². The fourth-order valence-corrected chi connectivity index (χ4v) is 4.74. The fraction of sp³-hybridized carbons (Fsp3) is 0.350. The Labute approximate surface area is 147 Å². The van der Waals surface area contributed by atoms with Crippen LogP contribution in [0.25, 0.3) is 0 Å². The van der Waals surface area contributed by atoms with Gasteiger partial charge in [-0.2, -0.15) is 0 Å². The number of hydrogen-bond acceptors (Lipinski definition) is 3. The standard InChI is InChI=1S/C20H23N2OS/c1-2-16-9-11-17(12-10-16)20(23)15-21(18-7-4-3-5-8-18)19-22(20)13-6-14-24-19/h3-5,7-12,23H,2,6,13-15H2,1H3/q+1/t20-/m0/s1. The molecule has 1 N–H and O–H groups in total. The van der Waals surface area contributed by atoms with Gasteiger partial charge in [-0.25, -0.2) is 9.48 Å². The number of benzene rings is 2. The number of aryl methyl sites for hydroxylation is 1. The molecule has 0 spiro atoms. The van der Waals surface area contributed by atoms with E-state index in [0.29, 0.717) is 6.54 Å². The highest BCUT2D eigenvalue weighted by atomic mass is 32.2. The Balaban J connectivity index is 1.77. The number of rotatable bonds is 3. The van der Waals surface area contributed by atoms with E-state index in [4.69, 9.17) is 0 Å². The highest BCUT2D eigenvalue weighted by Gasteiger charge is 2.53. The molecule has 2 heterocycles. The molecule has 3 nitrogen and oxygen atoms in total. The molecular weight excluding hydrogens is 316 g/mol. The first-order chi connectivity index (χ1) is 11.7. The maximum atomic E-state index is 11.6. The average molecular weight is 339 g/mol. The zero-order valence-corrected chi connectivity index (χ0v) is 14.8. The molecule has 0 aliphatic carbocycles. The lowest BCUT2D eigenvalue weighted by Crippen LogP contribution is -2.41. The third-order valence-electron chi connectivity index (χ3n) is 4.94. The van der Waals surface area contributed by atoms with Crippen LogP contribution in [-0.2, 0) is 12.1 Å². The molecule has 124 valence electrons. The second-order valence-corrected chi connectivity index (χ2v) is 7.49. The third kappa shape index (κ3) is 2.54. The van der Waals surface area contributed by atoms with E-state index in [1.54, 1.807) is 0 Å². The molecule has 0 unspecified atom stereocenters. The molecule has 0 saturated heterocycles. The predicted octanol–water partition coefficient (Wildman–Crippen LogP) is 3.42. The van der Waals surface area contributed by atoms with Gasteiger partial charge in [0.1, 0.15) is 5.69 Å². The summed E-state index contributed by atoms with van der Waals surface area (Å²) in [4.78, 5) is 2.26. The molecule has 4 rings (SSSR count). The molecule has 2 aromatic rings. The number of para-hydroxylation sites is 1. The molecule has 0 radical (unpaired) electrons. The quantitative estimate of drug-likeness (QED) is 0.868. The van der Waals surface area contributed by atoms with Gasteiger partial charge < -0.3 is 5.11 Å². The van der Waals surface area contributed by atoms with Crippen LogP contribution in [0.1, 0.15) is 24.5 Å². The first kappa shape index (κ1) is 15.7. The van der Waals surface area contributed by atoms with E-state index in [9.17, 15) is 5.11 Å². The summed E-state index contributed by atoms with van der Waals surface area (Å²) in [5.41, 5.74) is 2.48. The van der Waals surface area contributed by atoms with Crippen molar-refractivity contribution in [1.29, 1.82) is 0 Å². The Hall–Kier alpha value is -1.78. The molecular formula is C20H23N2OS+. The van der Waals surface area contributed by atoms with Crippen molar-refractivity contribution in [3.8, 4) is 0 Å². The van der Waals surface area contributed by atoms with Crippen molar-refractivity contribution in [1.82, 2.24) is 0 Å². The van der Waals surface area contributed by atoms with Gasteiger partial charge in [0, 0.05) is 11.3 Å². The monoisotopic (exact) mass is 339 g/mol. The van der Waals surface area contributed by atoms with Gasteiger partial charge in [-0.1, -0.05) is 49.4 Å². The van der Waals surface area contributed by atoms with Crippen molar-refractivity contribution in [2.75, 3.05) is 23.7 Å². The lowest BCUT2D eigenvalue weighted by molar-refractivity contribution is -0.656. The van der Waals surface area contributed by atoms with Gasteiger partial charge >= 0.3 is 5.17 Å². The molecule has 24 heavy (non-hydrogen) atoms. The van der Waals surface area contributed by atoms with E-state index < -0.39 is 5.72 Å². The Kier molecular flexibility index (Phi) is 4.10. The maximum Gasteiger partial charge on any atom is 0.316 e. The Bertz CT molecular complexity index is 757. The van der Waals surface area contributed by atoms with Crippen LogP contribution in [0.15, 0.2) is 54.6 Å². The second-order valence-electron chi connectivity index (χ2n) is 6.43. The van der Waals surface area contributed by atoms with Crippen LogP contribution in [0, 0.1) is 0 Å². The molecule has 2 aliphatic rings. The molecule has 2 aliphatic heterocycles. The van der Waals surface area contributed by atoms with Crippen molar-refractivity contribution in [2.45, 2.75) is 25.5 Å². The van der Waals surface area contributed by atoms with Crippen molar-refractivity contribution in [2.24, 2.45) is 0 Å². The zero-order chi connectivity index (χ0) is 16.6. The summed E-state index contributed by atoms with van der Waals surface area (Å²) in [6, 6.07) is 18.8. The molecule has 1 atom stereocenters. The third-order valence-corrected chi connectivity index (χ3v) is 6.13. The Morgan fingerprint density at radius 3 is 2.58 bits per heavy atom. The molecule has 2 aromatic carbocycles. The van der Waals surface area contributed by atoms with E-state index in [1.165, 1.54) is 10.7 Å². The Morgan fingerprint density at radius 1 is 1.12 bits per heavy atom. The lowest BCUT2D eigenvalue weighted by Gasteiger charge is -2.24. The summed E-state index contributed by atoms with van der Waals surface area (Å²) in [7, 11) is 0. The predicted molar refractivity (Wildman–Crippen MR) is 101 cm³/mol. The number of nitrogens with zero attached hydrogens (tertiary/aromatic N) is 2. The number of aliphatic hydroxyl groups is 1. The van der Waals surface area contributed by atoms with Gasteiger partial charge in [0.2, 0.25) is 0 Å². The van der Waals surface area contributed by atoms with Crippen LogP contribution in [0.3, 0.4) is 0 Å². The first-order valence-corrected chi connectivity index (χ1v) is 9.63. The highest BCUT2D eigenvalue weighted by Crippen LogP contribution is 2.37. The summed E-state index contributed by atoms with van der Waals surface area (Å²) in [5.74, 6) is 1.11. The van der Waals surface area contributed by atoms with Crippen LogP contribution < -0.4 is 4.90 Å². The minimum Gasteiger partial charge on any atom is -0.346 e. The largest absolute Gasteiger partial charge is 0.346 e. The topological polar surface area (TPSA) is 26.5 Å². The summed E-state index contributed by atoms with van der Waals surface area (Å²) in [5, 5.41) is 12.8. The Morgan fingerprint density at radius 2 is 1.88 bits per heavy atom. The molecule has 0 fully saturated rings. The first-order valence-electron chi connectivity index (χ1n) is 8.64. The molecule has 0 bridgehead atoms. The van der Waals surface area contributed by atoms with E-state index in [1.807, 2.05) is 17.8 Å². The van der Waals surface area contributed by atoms with Crippen LogP contribution in [-0.4, -0.2) is 33.7 Å². The van der Waals surface area contributed by atoms with Gasteiger partial charge in [0.05, 0.1) is 6.54 Å². The maximum absolute atomic E-state index is 11.6. The van der Waals surface area contributed by atoms with E-state index in [0.717, 1.165) is 36.4 Å². The van der Waals surface area contributed by atoms with Crippen LogP contribution in [0.4, 0.5) is 5.69 Å². The number of amidine groups is 1. The normalized spacial score (nSPS) is 23.5. The molecule has 0 saturated carbocycles. The minimum atomic E-state index is -0.954. The number of thioether (sulfide) groups is 1. The van der Waals surface area contributed by atoms with Crippen molar-refractivity contribution >= 4 is 22.6 Å². The number of hydrogen-bond donors (Lipinski definition) is 1. The van der Waals surface area contributed by atoms with E-state index in [-0.39, 0.29) is 0 Å². The van der Waals surface area contributed by atoms with Gasteiger partial charge in [-0.05, 0) is 42.3 Å². The fourth-order valence-electron chi connectivity index (χ4n) is 3.56. The summed E-state index contributed by atoms with van der Waals surface area (Å²) >= 11 is 1.85. The SMILES string of the molecule is CCc1ccc([C@@]2(O)CN(c3ccccc3)C3=[N+]2CCCS3)cc1. The summed E-state index contributed by atoms with van der Waals surface area (Å²) < 4.78 is 2.19. The highest BCUT2D eigenvalue weighted by molar-refractivity contribution is 8.13. The number of β-amino-alcohol motifs (C(OH)–C–C–N with tert-alkyl or cyclic N) is 1. The van der Waals surface area contributed by atoms with Crippen molar-refractivity contribution in [3.63, 3.8) is 0 Å². The zero-order valence-electron chi connectivity index (χ0n) is 14.0. The van der Waals surface area contributed by atoms with Crippen LogP contribution >= 0.6 is 11.8 Å².